The fraction of sp³-hybridized carbons (Fsp3) is 0.364. The highest BCUT2D eigenvalue weighted by Crippen LogP contribution is 2.19. The molecule has 3 rings (SSSR count). The maximum atomic E-state index is 13.6. The maximum absolute atomic E-state index is 13.6. The zero-order valence-corrected chi connectivity index (χ0v) is 17.4. The van der Waals surface area contributed by atoms with Crippen LogP contribution in [0.25, 0.3) is 10.9 Å². The van der Waals surface area contributed by atoms with Gasteiger partial charge in [0.15, 0.2) is 5.96 Å². The summed E-state index contributed by atoms with van der Waals surface area (Å²) in [7, 11) is 1.63. The summed E-state index contributed by atoms with van der Waals surface area (Å²) < 4.78 is 24.2. The van der Waals surface area contributed by atoms with Gasteiger partial charge < -0.3 is 25.1 Å². The molecule has 0 atom stereocenters. The van der Waals surface area contributed by atoms with E-state index in [9.17, 15) is 4.39 Å². The molecular formula is C22H28FN5O2. The number of aromatic nitrogens is 2. The van der Waals surface area contributed by atoms with Crippen LogP contribution in [0.15, 0.2) is 47.7 Å². The molecule has 0 radical (unpaired) electrons. The van der Waals surface area contributed by atoms with Crippen molar-refractivity contribution in [2.24, 2.45) is 4.99 Å². The molecule has 0 saturated heterocycles. The smallest absolute Gasteiger partial charge is 0.218 e. The molecule has 7 nitrogen and oxygen atoms in total. The zero-order valence-electron chi connectivity index (χ0n) is 17.4. The summed E-state index contributed by atoms with van der Waals surface area (Å²) in [4.78, 5) is 12.1. The lowest BCUT2D eigenvalue weighted by atomic mass is 10.1. The Balaban J connectivity index is 1.60. The number of nitrogens with zero attached hydrogens (tertiary/aromatic N) is 2. The molecule has 0 spiro atoms. The lowest BCUT2D eigenvalue weighted by Gasteiger charge is -2.12. The van der Waals surface area contributed by atoms with E-state index in [0.717, 1.165) is 35.0 Å². The van der Waals surface area contributed by atoms with Crippen LogP contribution in [-0.2, 0) is 17.7 Å². The van der Waals surface area contributed by atoms with Crippen LogP contribution in [-0.4, -0.2) is 49.3 Å². The number of methoxy groups -OCH3 is 1. The monoisotopic (exact) mass is 413 g/mol. The van der Waals surface area contributed by atoms with Crippen LogP contribution >= 0.6 is 0 Å². The van der Waals surface area contributed by atoms with E-state index >= 15 is 0 Å². The quantitative estimate of drug-likeness (QED) is 0.270. The zero-order chi connectivity index (χ0) is 21.2. The predicted octanol–water partition coefficient (Wildman–Crippen LogP) is 3.03. The summed E-state index contributed by atoms with van der Waals surface area (Å²) in [5, 5.41) is 7.48. The normalized spacial score (nSPS) is 11.6. The lowest BCUT2D eigenvalue weighted by molar-refractivity contribution is 0.143. The summed E-state index contributed by atoms with van der Waals surface area (Å²) in [5.74, 6) is 1.04. The number of nitrogens with one attached hydrogen (secondary N) is 3. The molecule has 2 heterocycles. The van der Waals surface area contributed by atoms with E-state index in [0.29, 0.717) is 38.1 Å². The average Bonchev–Trinajstić information content (AvgIpc) is 3.15. The molecule has 0 saturated carbocycles. The fourth-order valence-electron chi connectivity index (χ4n) is 3.08. The van der Waals surface area contributed by atoms with Gasteiger partial charge in [0.2, 0.25) is 5.88 Å². The largest absolute Gasteiger partial charge is 0.475 e. The van der Waals surface area contributed by atoms with Crippen LogP contribution in [0.1, 0.15) is 18.1 Å². The lowest BCUT2D eigenvalue weighted by Crippen LogP contribution is -2.38. The average molecular weight is 413 g/mol. The van der Waals surface area contributed by atoms with Gasteiger partial charge in [0, 0.05) is 49.1 Å². The van der Waals surface area contributed by atoms with Crippen LogP contribution in [0.5, 0.6) is 5.88 Å². The van der Waals surface area contributed by atoms with E-state index in [2.05, 4.69) is 25.6 Å². The van der Waals surface area contributed by atoms with E-state index < -0.39 is 0 Å². The van der Waals surface area contributed by atoms with Crippen LogP contribution in [0.4, 0.5) is 4.39 Å². The van der Waals surface area contributed by atoms with E-state index in [1.165, 1.54) is 6.07 Å². The fourth-order valence-corrected chi connectivity index (χ4v) is 3.08. The number of guanidine groups is 1. The number of aromatic amines is 1. The van der Waals surface area contributed by atoms with Gasteiger partial charge in [-0.25, -0.2) is 14.4 Å². The first-order valence-corrected chi connectivity index (χ1v) is 10.0. The molecule has 0 unspecified atom stereocenters. The molecule has 2 aromatic heterocycles. The van der Waals surface area contributed by atoms with Gasteiger partial charge in [0.05, 0.1) is 13.2 Å². The first-order chi connectivity index (χ1) is 14.7. The maximum Gasteiger partial charge on any atom is 0.218 e. The van der Waals surface area contributed by atoms with Crippen LogP contribution in [0.2, 0.25) is 0 Å². The third-order valence-electron chi connectivity index (χ3n) is 4.54. The number of hydrogen-bond acceptors (Lipinski definition) is 4. The third-order valence-corrected chi connectivity index (χ3v) is 4.54. The summed E-state index contributed by atoms with van der Waals surface area (Å²) in [6.07, 6.45) is 4.37. The van der Waals surface area contributed by atoms with E-state index in [4.69, 9.17) is 9.47 Å². The minimum atomic E-state index is -0.230. The van der Waals surface area contributed by atoms with Crippen molar-refractivity contribution in [2.45, 2.75) is 19.9 Å². The second-order valence-electron chi connectivity index (χ2n) is 6.68. The second kappa shape index (κ2) is 11.2. The second-order valence-corrected chi connectivity index (χ2v) is 6.68. The Kier molecular flexibility index (Phi) is 8.02. The highest BCUT2D eigenvalue weighted by molar-refractivity contribution is 5.83. The number of H-pyrrole nitrogens is 1. The Morgan fingerprint density at radius 3 is 2.93 bits per heavy atom. The van der Waals surface area contributed by atoms with Crippen molar-refractivity contribution in [3.8, 4) is 5.88 Å². The minimum Gasteiger partial charge on any atom is -0.475 e. The first kappa shape index (κ1) is 21.6. The Labute approximate surface area is 175 Å². The van der Waals surface area contributed by atoms with Crippen molar-refractivity contribution in [3.63, 3.8) is 0 Å². The van der Waals surface area contributed by atoms with Gasteiger partial charge in [0.1, 0.15) is 12.4 Å². The molecule has 1 aromatic carbocycles. The van der Waals surface area contributed by atoms with Crippen molar-refractivity contribution < 1.29 is 13.9 Å². The van der Waals surface area contributed by atoms with Crippen molar-refractivity contribution in [1.29, 1.82) is 0 Å². The van der Waals surface area contributed by atoms with Crippen LogP contribution in [0.3, 0.4) is 0 Å². The molecule has 0 aliphatic carbocycles. The van der Waals surface area contributed by atoms with Gasteiger partial charge in [-0.15, -0.1) is 0 Å². The summed E-state index contributed by atoms with van der Waals surface area (Å²) in [6, 6.07) is 8.59. The molecule has 0 bridgehead atoms. The number of ether oxygens (including phenoxy) is 2. The number of hydrogen-bond donors (Lipinski definition) is 3. The molecule has 0 aliphatic rings. The molecule has 8 heteroatoms. The Morgan fingerprint density at radius 1 is 1.20 bits per heavy atom. The Hall–Kier alpha value is -3.13. The summed E-state index contributed by atoms with van der Waals surface area (Å²) in [6.45, 7) is 4.80. The Morgan fingerprint density at radius 2 is 2.10 bits per heavy atom. The molecule has 0 fully saturated rings. The summed E-state index contributed by atoms with van der Waals surface area (Å²) in [5.41, 5.74) is 2.90. The molecule has 30 heavy (non-hydrogen) atoms. The van der Waals surface area contributed by atoms with Gasteiger partial charge in [-0.1, -0.05) is 6.07 Å². The number of aliphatic imine (C=N–C) groups is 1. The number of fused-ring (bicyclic) bond motifs is 1. The van der Waals surface area contributed by atoms with Gasteiger partial charge in [-0.05, 0) is 43.2 Å². The van der Waals surface area contributed by atoms with E-state index in [1.54, 1.807) is 25.4 Å². The van der Waals surface area contributed by atoms with Crippen molar-refractivity contribution >= 4 is 16.9 Å². The molecule has 3 aromatic rings. The molecule has 3 N–H and O–H groups in total. The topological polar surface area (TPSA) is 83.6 Å². The summed E-state index contributed by atoms with van der Waals surface area (Å²) >= 11 is 0. The molecular weight excluding hydrogens is 385 g/mol. The van der Waals surface area contributed by atoms with Crippen LogP contribution in [0, 0.1) is 5.82 Å². The first-order valence-electron chi connectivity index (χ1n) is 10.0. The number of benzene rings is 1. The SMILES string of the molecule is CCNC(=NCc1cccnc1OCCOC)NCCc1c[nH]c2ccc(F)cc12. The van der Waals surface area contributed by atoms with Crippen molar-refractivity contribution in [3.05, 3.63) is 59.7 Å². The van der Waals surface area contributed by atoms with Crippen molar-refractivity contribution in [1.82, 2.24) is 20.6 Å². The predicted molar refractivity (Wildman–Crippen MR) is 116 cm³/mol. The van der Waals surface area contributed by atoms with Gasteiger partial charge in [-0.2, -0.15) is 0 Å². The molecule has 0 aliphatic heterocycles. The number of rotatable bonds is 10. The highest BCUT2D eigenvalue weighted by atomic mass is 19.1. The third kappa shape index (κ3) is 5.93. The van der Waals surface area contributed by atoms with Crippen LogP contribution < -0.4 is 15.4 Å². The standard InChI is InChI=1S/C22H28FN5O2/c1-3-24-22(28-15-17-5-4-9-25-21(17)30-12-11-29-2)26-10-8-16-14-27-20-7-6-18(23)13-19(16)20/h4-7,9,13-14,27H,3,8,10-12,15H2,1-2H3,(H2,24,26,28). The van der Waals surface area contributed by atoms with E-state index in [1.807, 2.05) is 25.3 Å². The minimum absolute atomic E-state index is 0.230. The number of halogens is 1. The van der Waals surface area contributed by atoms with Gasteiger partial charge in [0.25, 0.3) is 0 Å². The highest BCUT2D eigenvalue weighted by Gasteiger charge is 2.07. The number of pyridine rings is 1. The van der Waals surface area contributed by atoms with Crippen molar-refractivity contribution in [2.75, 3.05) is 33.4 Å². The van der Waals surface area contributed by atoms with Gasteiger partial charge in [-0.3, -0.25) is 0 Å². The molecule has 160 valence electrons. The van der Waals surface area contributed by atoms with Gasteiger partial charge >= 0.3 is 0 Å². The molecule has 0 amide bonds. The Bertz CT molecular complexity index is 973. The van der Waals surface area contributed by atoms with E-state index in [-0.39, 0.29) is 5.82 Å².